The van der Waals surface area contributed by atoms with Gasteiger partial charge in [0.05, 0.1) is 28.4 Å². The number of fused-ring (bicyclic) bond motifs is 1. The highest BCUT2D eigenvalue weighted by atomic mass is 35.5. The van der Waals surface area contributed by atoms with Gasteiger partial charge in [-0.15, -0.1) is 5.10 Å². The van der Waals surface area contributed by atoms with Crippen LogP contribution >= 0.6 is 11.6 Å². The number of aryl methyl sites for hydroxylation is 1. The molecule has 2 atom stereocenters. The van der Waals surface area contributed by atoms with E-state index in [9.17, 15) is 10.1 Å². The van der Waals surface area contributed by atoms with Crippen LogP contribution in [0.1, 0.15) is 17.8 Å². The molecule has 2 aromatic heterocycles. The molecular formula is C17H13ClN6O. The zero-order chi connectivity index (χ0) is 17.8. The van der Waals surface area contributed by atoms with Crippen LogP contribution in [0.25, 0.3) is 22.0 Å². The Hall–Kier alpha value is -2.98. The van der Waals surface area contributed by atoms with E-state index < -0.39 is 17.2 Å². The van der Waals surface area contributed by atoms with Gasteiger partial charge in [-0.05, 0) is 37.1 Å². The van der Waals surface area contributed by atoms with Crippen molar-refractivity contribution in [1.29, 1.82) is 5.26 Å². The number of hydrogen-bond acceptors (Lipinski definition) is 5. The van der Waals surface area contributed by atoms with Crippen molar-refractivity contribution < 1.29 is 4.79 Å². The van der Waals surface area contributed by atoms with Crippen molar-refractivity contribution in [2.75, 3.05) is 0 Å². The SMILES string of the molecule is Cc1n[nH]cc1-c1cc(Cl)c2nnc(C3(C(N)=O)CC3C#N)cc2c1. The quantitative estimate of drug-likeness (QED) is 0.748. The minimum absolute atomic E-state index is 0.368. The molecule has 2 heterocycles. The molecule has 0 radical (unpaired) electrons. The van der Waals surface area contributed by atoms with Crippen LogP contribution in [-0.2, 0) is 10.2 Å². The van der Waals surface area contributed by atoms with Crippen LogP contribution in [0.5, 0.6) is 0 Å². The van der Waals surface area contributed by atoms with Crippen LogP contribution in [-0.4, -0.2) is 26.3 Å². The average molecular weight is 353 g/mol. The number of nitrogens with zero attached hydrogens (tertiary/aromatic N) is 4. The molecule has 1 aromatic carbocycles. The number of hydrogen-bond donors (Lipinski definition) is 2. The summed E-state index contributed by atoms with van der Waals surface area (Å²) >= 11 is 6.36. The molecule has 0 spiro atoms. The summed E-state index contributed by atoms with van der Waals surface area (Å²) in [5.74, 6) is -1.02. The largest absolute Gasteiger partial charge is 0.369 e. The lowest BCUT2D eigenvalue weighted by Crippen LogP contribution is -2.31. The highest BCUT2D eigenvalue weighted by Gasteiger charge is 2.62. The first-order valence-electron chi connectivity index (χ1n) is 7.65. The molecule has 1 amide bonds. The van der Waals surface area contributed by atoms with Crippen LogP contribution < -0.4 is 5.73 Å². The predicted molar refractivity (Wildman–Crippen MR) is 91.5 cm³/mol. The number of halogens is 1. The highest BCUT2D eigenvalue weighted by molar-refractivity contribution is 6.35. The number of carbonyl (C=O) groups is 1. The molecule has 3 aromatic rings. The number of aromatic amines is 1. The monoisotopic (exact) mass is 352 g/mol. The minimum atomic E-state index is -1.05. The fourth-order valence-electron chi connectivity index (χ4n) is 3.24. The number of amides is 1. The summed E-state index contributed by atoms with van der Waals surface area (Å²) in [5.41, 5.74) is 8.08. The van der Waals surface area contributed by atoms with E-state index in [4.69, 9.17) is 17.3 Å². The lowest BCUT2D eigenvalue weighted by atomic mass is 9.96. The zero-order valence-electron chi connectivity index (χ0n) is 13.2. The van der Waals surface area contributed by atoms with Gasteiger partial charge >= 0.3 is 0 Å². The van der Waals surface area contributed by atoms with E-state index in [2.05, 4.69) is 26.5 Å². The van der Waals surface area contributed by atoms with Crippen molar-refractivity contribution in [3.63, 3.8) is 0 Å². The van der Waals surface area contributed by atoms with Gasteiger partial charge in [0.25, 0.3) is 0 Å². The summed E-state index contributed by atoms with van der Waals surface area (Å²) in [6.07, 6.45) is 2.16. The molecule has 0 bridgehead atoms. The number of nitrogens with two attached hydrogens (primary N) is 1. The van der Waals surface area contributed by atoms with Crippen molar-refractivity contribution in [3.05, 3.63) is 40.8 Å². The fourth-order valence-corrected chi connectivity index (χ4v) is 3.50. The number of carbonyl (C=O) groups excluding carboxylic acids is 1. The van der Waals surface area contributed by atoms with Crippen molar-refractivity contribution >= 4 is 28.4 Å². The summed E-state index contributed by atoms with van der Waals surface area (Å²) in [4.78, 5) is 11.9. The smallest absolute Gasteiger partial charge is 0.231 e. The number of H-pyrrole nitrogens is 1. The van der Waals surface area contributed by atoms with Gasteiger partial charge in [-0.2, -0.15) is 15.5 Å². The van der Waals surface area contributed by atoms with Crippen molar-refractivity contribution in [2.45, 2.75) is 18.8 Å². The van der Waals surface area contributed by atoms with Crippen molar-refractivity contribution in [2.24, 2.45) is 11.7 Å². The Kier molecular flexibility index (Phi) is 3.27. The third-order valence-electron chi connectivity index (χ3n) is 4.80. The molecule has 4 rings (SSSR count). The van der Waals surface area contributed by atoms with E-state index >= 15 is 0 Å². The first kappa shape index (κ1) is 15.5. The highest BCUT2D eigenvalue weighted by Crippen LogP contribution is 2.53. The second-order valence-electron chi connectivity index (χ2n) is 6.23. The number of rotatable bonds is 3. The lowest BCUT2D eigenvalue weighted by molar-refractivity contribution is -0.120. The number of primary amides is 1. The molecule has 7 nitrogen and oxygen atoms in total. The normalized spacial score (nSPS) is 21.9. The number of aromatic nitrogens is 4. The molecule has 25 heavy (non-hydrogen) atoms. The van der Waals surface area contributed by atoms with Crippen LogP contribution in [0.15, 0.2) is 24.4 Å². The molecule has 1 fully saturated rings. The Balaban J connectivity index is 1.90. The number of nitriles is 1. The van der Waals surface area contributed by atoms with Gasteiger partial charge in [0.15, 0.2) is 0 Å². The summed E-state index contributed by atoms with van der Waals surface area (Å²) in [7, 11) is 0. The maximum atomic E-state index is 11.9. The molecule has 3 N–H and O–H groups in total. The third kappa shape index (κ3) is 2.18. The molecule has 0 saturated heterocycles. The summed E-state index contributed by atoms with van der Waals surface area (Å²) < 4.78 is 0. The first-order chi connectivity index (χ1) is 12.0. The van der Waals surface area contributed by atoms with E-state index in [-0.39, 0.29) is 0 Å². The van der Waals surface area contributed by atoms with Crippen LogP contribution in [0.2, 0.25) is 5.02 Å². The second-order valence-corrected chi connectivity index (χ2v) is 6.64. The number of nitrogens with one attached hydrogen (secondary N) is 1. The van der Waals surface area contributed by atoms with Crippen LogP contribution in [0, 0.1) is 24.2 Å². The topological polar surface area (TPSA) is 121 Å². The van der Waals surface area contributed by atoms with Gasteiger partial charge in [0, 0.05) is 17.1 Å². The van der Waals surface area contributed by atoms with Gasteiger partial charge in [-0.3, -0.25) is 9.89 Å². The molecule has 124 valence electrons. The maximum Gasteiger partial charge on any atom is 0.231 e. The van der Waals surface area contributed by atoms with Crippen LogP contribution in [0.3, 0.4) is 0 Å². The summed E-state index contributed by atoms with van der Waals surface area (Å²) in [5, 5.41) is 25.6. The van der Waals surface area contributed by atoms with Gasteiger partial charge in [-0.1, -0.05) is 11.6 Å². The molecule has 1 aliphatic carbocycles. The summed E-state index contributed by atoms with van der Waals surface area (Å²) in [6.45, 7) is 1.89. The Morgan fingerprint density at radius 3 is 2.84 bits per heavy atom. The minimum Gasteiger partial charge on any atom is -0.369 e. The Morgan fingerprint density at radius 1 is 1.44 bits per heavy atom. The Bertz CT molecular complexity index is 1070. The standard InChI is InChI=1S/C17H13ClN6O/c1-8-12(7-21-22-8)9-2-10-4-14(23-24-15(10)13(18)3-9)17(16(20)25)5-11(17)6-19/h2-4,7,11H,5H2,1H3,(H2,20,25)(H,21,22). The van der Waals surface area contributed by atoms with Gasteiger partial charge < -0.3 is 5.73 Å². The van der Waals surface area contributed by atoms with E-state index in [0.29, 0.717) is 22.7 Å². The van der Waals surface area contributed by atoms with Crippen molar-refractivity contribution in [1.82, 2.24) is 20.4 Å². The second kappa shape index (κ2) is 5.26. The average Bonchev–Trinajstić information content (AvgIpc) is 3.21. The van der Waals surface area contributed by atoms with Crippen molar-refractivity contribution in [3.8, 4) is 17.2 Å². The third-order valence-corrected chi connectivity index (χ3v) is 5.09. The first-order valence-corrected chi connectivity index (χ1v) is 8.03. The Labute approximate surface area is 147 Å². The predicted octanol–water partition coefficient (Wildman–Crippen LogP) is 2.25. The van der Waals surface area contributed by atoms with Gasteiger partial charge in [0.2, 0.25) is 5.91 Å². The van der Waals surface area contributed by atoms with Gasteiger partial charge in [0.1, 0.15) is 10.9 Å². The molecule has 8 heteroatoms. The van der Waals surface area contributed by atoms with E-state index in [1.54, 1.807) is 18.3 Å². The molecule has 2 unspecified atom stereocenters. The fraction of sp³-hybridized carbons (Fsp3) is 0.235. The molecular weight excluding hydrogens is 340 g/mol. The maximum absolute atomic E-state index is 11.9. The van der Waals surface area contributed by atoms with Crippen LogP contribution in [0.4, 0.5) is 0 Å². The zero-order valence-corrected chi connectivity index (χ0v) is 14.0. The molecule has 1 saturated carbocycles. The summed E-state index contributed by atoms with van der Waals surface area (Å²) in [6, 6.07) is 7.56. The molecule has 1 aliphatic rings. The van der Waals surface area contributed by atoms with Gasteiger partial charge in [-0.25, -0.2) is 0 Å². The number of benzene rings is 1. The Morgan fingerprint density at radius 2 is 2.24 bits per heavy atom. The lowest BCUT2D eigenvalue weighted by Gasteiger charge is -2.12. The van der Waals surface area contributed by atoms with E-state index in [0.717, 1.165) is 22.2 Å². The molecule has 0 aliphatic heterocycles. The van der Waals surface area contributed by atoms with E-state index in [1.807, 2.05) is 13.0 Å². The van der Waals surface area contributed by atoms with E-state index in [1.165, 1.54) is 0 Å².